The summed E-state index contributed by atoms with van der Waals surface area (Å²) in [5, 5.41) is 10.8. The molecule has 0 aliphatic rings. The van der Waals surface area contributed by atoms with Crippen molar-refractivity contribution < 1.29 is 29.1 Å². The van der Waals surface area contributed by atoms with Gasteiger partial charge in [-0.25, -0.2) is 4.79 Å². The number of methoxy groups -OCH3 is 2. The highest BCUT2D eigenvalue weighted by Gasteiger charge is 2.23. The molecule has 2 atom stereocenters. The van der Waals surface area contributed by atoms with Crippen LogP contribution >= 0.6 is 0 Å². The van der Waals surface area contributed by atoms with E-state index < -0.39 is 12.1 Å². The number of hydrogen-bond acceptors (Lipinski definition) is 6. The molecule has 1 N–H and O–H groups in total. The summed E-state index contributed by atoms with van der Waals surface area (Å²) in [7, 11) is 3.13. The Balaban J connectivity index is 2.28. The van der Waals surface area contributed by atoms with Gasteiger partial charge in [0.2, 0.25) is 0 Å². The van der Waals surface area contributed by atoms with Crippen molar-refractivity contribution in [3.8, 4) is 17.2 Å². The van der Waals surface area contributed by atoms with E-state index in [-0.39, 0.29) is 11.7 Å². The molecule has 2 unspecified atom stereocenters. The molecule has 6 heteroatoms. The van der Waals surface area contributed by atoms with Crippen LogP contribution in [0.4, 0.5) is 0 Å². The lowest BCUT2D eigenvalue weighted by Crippen LogP contribution is -2.11. The van der Waals surface area contributed by atoms with Gasteiger partial charge in [0.05, 0.1) is 20.3 Å². The van der Waals surface area contributed by atoms with Gasteiger partial charge in [-0.15, -0.1) is 0 Å². The summed E-state index contributed by atoms with van der Waals surface area (Å²) in [5.74, 6) is 0.659. The fourth-order valence-corrected chi connectivity index (χ4v) is 2.49. The van der Waals surface area contributed by atoms with E-state index in [0.717, 1.165) is 5.56 Å². The van der Waals surface area contributed by atoms with Gasteiger partial charge >= 0.3 is 5.97 Å². The summed E-state index contributed by atoms with van der Waals surface area (Å²) in [6.45, 7) is 3.12. The van der Waals surface area contributed by atoms with E-state index in [1.807, 2.05) is 19.1 Å². The highest BCUT2D eigenvalue weighted by Crippen LogP contribution is 2.38. The third kappa shape index (κ3) is 4.42. The summed E-state index contributed by atoms with van der Waals surface area (Å²) in [6.07, 6.45) is -0.871. The van der Waals surface area contributed by atoms with Gasteiger partial charge in [0, 0.05) is 18.4 Å². The van der Waals surface area contributed by atoms with Gasteiger partial charge in [0.25, 0.3) is 0 Å². The van der Waals surface area contributed by atoms with Crippen molar-refractivity contribution in [2.24, 2.45) is 0 Å². The van der Waals surface area contributed by atoms with Crippen LogP contribution in [-0.2, 0) is 9.68 Å². The highest BCUT2D eigenvalue weighted by molar-refractivity contribution is 5.65. The third-order valence-electron chi connectivity index (χ3n) is 3.89. The summed E-state index contributed by atoms with van der Waals surface area (Å²) in [5.41, 5.74) is 1.39. The maximum absolute atomic E-state index is 10.9. The number of para-hydroxylation sites is 1. The normalized spacial score (nSPS) is 12.8. The van der Waals surface area contributed by atoms with Gasteiger partial charge in [0.1, 0.15) is 0 Å². The largest absolute Gasteiger partial charge is 0.493 e. The number of ether oxygens (including phenoxy) is 2. The zero-order valence-corrected chi connectivity index (χ0v) is 14.7. The highest BCUT2D eigenvalue weighted by atomic mass is 17.2. The molecule has 0 aromatic heterocycles. The van der Waals surface area contributed by atoms with Crippen LogP contribution in [0.3, 0.4) is 0 Å². The zero-order valence-electron chi connectivity index (χ0n) is 14.7. The van der Waals surface area contributed by atoms with Crippen LogP contribution in [-0.4, -0.2) is 25.3 Å². The van der Waals surface area contributed by atoms with Gasteiger partial charge in [-0.05, 0) is 23.8 Å². The molecule has 0 radical (unpaired) electrons. The fourth-order valence-electron chi connectivity index (χ4n) is 2.49. The molecule has 0 heterocycles. The average molecular weight is 346 g/mol. The Morgan fingerprint density at radius 1 is 1.00 bits per heavy atom. The van der Waals surface area contributed by atoms with Gasteiger partial charge in [-0.1, -0.05) is 31.2 Å². The molecule has 0 bridgehead atoms. The van der Waals surface area contributed by atoms with E-state index in [9.17, 15) is 9.90 Å². The molecule has 134 valence electrons. The Hall–Kier alpha value is -2.73. The minimum Gasteiger partial charge on any atom is -0.493 e. The van der Waals surface area contributed by atoms with Crippen LogP contribution in [0.5, 0.6) is 17.2 Å². The lowest BCUT2D eigenvalue weighted by molar-refractivity contribution is -0.211. The predicted octanol–water partition coefficient (Wildman–Crippen LogP) is 3.40. The summed E-state index contributed by atoms with van der Waals surface area (Å²) in [4.78, 5) is 20.6. The molecular weight excluding hydrogens is 324 g/mol. The first kappa shape index (κ1) is 18.6. The number of rotatable bonds is 7. The molecule has 2 rings (SSSR count). The molecule has 0 amide bonds. The van der Waals surface area contributed by atoms with Crippen LogP contribution in [0.25, 0.3) is 0 Å². The van der Waals surface area contributed by atoms with Crippen molar-refractivity contribution in [3.63, 3.8) is 0 Å². The lowest BCUT2D eigenvalue weighted by Gasteiger charge is -2.22. The van der Waals surface area contributed by atoms with Gasteiger partial charge in [-0.2, -0.15) is 0 Å². The molecule has 25 heavy (non-hydrogen) atoms. The second kappa shape index (κ2) is 8.39. The number of carbonyl (C=O) groups is 1. The number of aliphatic hydroxyl groups is 1. The molecule has 2 aromatic rings. The second-order valence-corrected chi connectivity index (χ2v) is 5.54. The SMILES string of the molecule is COc1ccc(C(C)C(O)c2ccccc2OOC(C)=O)cc1OC. The maximum atomic E-state index is 10.9. The Labute approximate surface area is 146 Å². The second-order valence-electron chi connectivity index (χ2n) is 5.54. The molecule has 0 aliphatic heterocycles. The van der Waals surface area contributed by atoms with E-state index in [1.165, 1.54) is 6.92 Å². The van der Waals surface area contributed by atoms with E-state index in [2.05, 4.69) is 4.89 Å². The summed E-state index contributed by atoms with van der Waals surface area (Å²) in [6, 6.07) is 12.3. The van der Waals surface area contributed by atoms with Crippen LogP contribution in [0.2, 0.25) is 0 Å². The minimum absolute atomic E-state index is 0.262. The number of hydrogen-bond donors (Lipinski definition) is 1. The van der Waals surface area contributed by atoms with Crippen LogP contribution in [0, 0.1) is 0 Å². The van der Waals surface area contributed by atoms with E-state index in [4.69, 9.17) is 14.4 Å². The Morgan fingerprint density at radius 2 is 1.68 bits per heavy atom. The maximum Gasteiger partial charge on any atom is 0.352 e. The molecule has 2 aromatic carbocycles. The Kier molecular flexibility index (Phi) is 6.25. The number of aliphatic hydroxyl groups excluding tert-OH is 1. The van der Waals surface area contributed by atoms with Crippen LogP contribution in [0.15, 0.2) is 42.5 Å². The first-order valence-electron chi connectivity index (χ1n) is 7.82. The Bertz CT molecular complexity index is 728. The zero-order chi connectivity index (χ0) is 18.4. The van der Waals surface area contributed by atoms with Gasteiger partial charge in [0.15, 0.2) is 17.2 Å². The topological polar surface area (TPSA) is 74.2 Å². The molecule has 6 nitrogen and oxygen atoms in total. The van der Waals surface area contributed by atoms with Crippen molar-refractivity contribution >= 4 is 5.97 Å². The van der Waals surface area contributed by atoms with Crippen LogP contribution < -0.4 is 14.4 Å². The molecule has 0 fully saturated rings. The monoisotopic (exact) mass is 346 g/mol. The first-order chi connectivity index (χ1) is 12.0. The molecular formula is C19H22O6. The minimum atomic E-state index is -0.871. The number of benzene rings is 2. The van der Waals surface area contributed by atoms with E-state index in [1.54, 1.807) is 44.6 Å². The molecule has 0 spiro atoms. The Morgan fingerprint density at radius 3 is 2.32 bits per heavy atom. The van der Waals surface area contributed by atoms with E-state index in [0.29, 0.717) is 17.1 Å². The van der Waals surface area contributed by atoms with Gasteiger partial charge < -0.3 is 14.6 Å². The van der Waals surface area contributed by atoms with Crippen molar-refractivity contribution in [2.45, 2.75) is 25.9 Å². The van der Waals surface area contributed by atoms with Gasteiger partial charge in [-0.3, -0.25) is 9.78 Å². The van der Waals surface area contributed by atoms with Crippen molar-refractivity contribution in [2.75, 3.05) is 14.2 Å². The lowest BCUT2D eigenvalue weighted by atomic mass is 9.90. The van der Waals surface area contributed by atoms with Crippen molar-refractivity contribution in [3.05, 3.63) is 53.6 Å². The van der Waals surface area contributed by atoms with Crippen molar-refractivity contribution in [1.29, 1.82) is 0 Å². The third-order valence-corrected chi connectivity index (χ3v) is 3.89. The van der Waals surface area contributed by atoms with Crippen LogP contribution in [0.1, 0.15) is 37.0 Å². The number of carbonyl (C=O) groups excluding carboxylic acids is 1. The summed E-state index contributed by atoms with van der Waals surface area (Å²) < 4.78 is 10.5. The predicted molar refractivity (Wildman–Crippen MR) is 91.8 cm³/mol. The van der Waals surface area contributed by atoms with E-state index >= 15 is 0 Å². The molecule has 0 saturated carbocycles. The van der Waals surface area contributed by atoms with Crippen molar-refractivity contribution in [1.82, 2.24) is 0 Å². The smallest absolute Gasteiger partial charge is 0.352 e. The first-order valence-corrected chi connectivity index (χ1v) is 7.82. The molecule has 0 aliphatic carbocycles. The summed E-state index contributed by atoms with van der Waals surface area (Å²) >= 11 is 0. The fraction of sp³-hybridized carbons (Fsp3) is 0.316. The molecule has 0 saturated heterocycles. The quantitative estimate of drug-likeness (QED) is 0.612. The standard InChI is InChI=1S/C19H22O6/c1-12(14-9-10-17(22-3)18(11-14)23-4)19(21)15-7-5-6-8-16(15)25-24-13(2)20/h5-12,19,21H,1-4H3. The average Bonchev–Trinajstić information content (AvgIpc) is 2.64.